The first-order chi connectivity index (χ1) is 13.5. The number of hydrogen-bond donors (Lipinski definition) is 0. The highest BCUT2D eigenvalue weighted by Crippen LogP contribution is 2.34. The first-order valence-electron chi connectivity index (χ1n) is 9.66. The highest BCUT2D eigenvalue weighted by molar-refractivity contribution is 7.17. The van der Waals surface area contributed by atoms with Gasteiger partial charge >= 0.3 is 0 Å². The van der Waals surface area contributed by atoms with Gasteiger partial charge in [-0.3, -0.25) is 0 Å². The van der Waals surface area contributed by atoms with Crippen LogP contribution in [0.5, 0.6) is 5.88 Å². The number of aromatic nitrogens is 4. The first kappa shape index (κ1) is 18.9. The molecule has 28 heavy (non-hydrogen) atoms. The molecule has 7 nitrogen and oxygen atoms in total. The minimum atomic E-state index is 0.595. The molecule has 4 heterocycles. The molecule has 3 aromatic rings. The van der Waals surface area contributed by atoms with Gasteiger partial charge in [0.15, 0.2) is 0 Å². The number of fused-ring (bicyclic) bond motifs is 1. The maximum absolute atomic E-state index is 5.23. The summed E-state index contributed by atoms with van der Waals surface area (Å²) in [5.74, 6) is 3.83. The van der Waals surface area contributed by atoms with E-state index in [-0.39, 0.29) is 0 Å². The van der Waals surface area contributed by atoms with Gasteiger partial charge in [0.1, 0.15) is 16.5 Å². The van der Waals surface area contributed by atoms with Crippen molar-refractivity contribution in [1.82, 2.24) is 19.9 Å². The van der Waals surface area contributed by atoms with Gasteiger partial charge in [0.05, 0.1) is 12.5 Å². The Morgan fingerprint density at radius 2 is 1.86 bits per heavy atom. The van der Waals surface area contributed by atoms with Crippen molar-refractivity contribution in [3.8, 4) is 5.88 Å². The van der Waals surface area contributed by atoms with Crippen LogP contribution in [0.3, 0.4) is 0 Å². The molecule has 1 aliphatic heterocycles. The van der Waals surface area contributed by atoms with E-state index < -0.39 is 0 Å². The minimum absolute atomic E-state index is 0.595. The number of piperazine rings is 1. The van der Waals surface area contributed by atoms with Crippen LogP contribution in [0.2, 0.25) is 0 Å². The van der Waals surface area contributed by atoms with Crippen LogP contribution in [0.25, 0.3) is 10.2 Å². The van der Waals surface area contributed by atoms with Crippen molar-refractivity contribution in [1.29, 1.82) is 0 Å². The summed E-state index contributed by atoms with van der Waals surface area (Å²) in [5, 5.41) is 3.48. The fourth-order valence-corrected chi connectivity index (χ4v) is 4.61. The molecule has 0 amide bonds. The van der Waals surface area contributed by atoms with Gasteiger partial charge in [0, 0.05) is 38.4 Å². The molecule has 0 bridgehead atoms. The van der Waals surface area contributed by atoms with Crippen molar-refractivity contribution >= 4 is 33.3 Å². The third-order valence-electron chi connectivity index (χ3n) is 4.92. The van der Waals surface area contributed by atoms with Crippen LogP contribution in [-0.2, 0) is 6.42 Å². The van der Waals surface area contributed by atoms with Crippen molar-refractivity contribution < 1.29 is 4.74 Å². The fourth-order valence-electron chi connectivity index (χ4n) is 3.62. The molecule has 1 aliphatic rings. The Morgan fingerprint density at radius 3 is 2.57 bits per heavy atom. The number of anilines is 2. The molecule has 1 saturated heterocycles. The topological polar surface area (TPSA) is 67.3 Å². The molecule has 0 spiro atoms. The number of rotatable bonds is 5. The van der Waals surface area contributed by atoms with Crippen molar-refractivity contribution in [3.05, 3.63) is 29.0 Å². The molecule has 0 N–H and O–H groups in total. The summed E-state index contributed by atoms with van der Waals surface area (Å²) in [6.07, 6.45) is 2.80. The number of methoxy groups -OCH3 is 1. The Balaban J connectivity index is 1.59. The summed E-state index contributed by atoms with van der Waals surface area (Å²) in [6.45, 7) is 9.94. The molecule has 0 radical (unpaired) electrons. The molecule has 148 valence electrons. The Kier molecular flexibility index (Phi) is 5.30. The van der Waals surface area contributed by atoms with Crippen molar-refractivity contribution in [2.45, 2.75) is 27.2 Å². The molecular formula is C20H26N6OS. The van der Waals surface area contributed by atoms with E-state index in [0.29, 0.717) is 11.8 Å². The molecule has 8 heteroatoms. The third-order valence-corrected chi connectivity index (χ3v) is 5.84. The Bertz CT molecular complexity index is 964. The van der Waals surface area contributed by atoms with Gasteiger partial charge in [0.2, 0.25) is 11.8 Å². The zero-order valence-corrected chi connectivity index (χ0v) is 17.7. The number of hydrogen-bond acceptors (Lipinski definition) is 8. The summed E-state index contributed by atoms with van der Waals surface area (Å²) in [4.78, 5) is 24.1. The monoisotopic (exact) mass is 398 g/mol. The van der Waals surface area contributed by atoms with Gasteiger partial charge < -0.3 is 14.5 Å². The second-order valence-corrected chi connectivity index (χ2v) is 8.36. The van der Waals surface area contributed by atoms with Crippen LogP contribution < -0.4 is 14.5 Å². The second kappa shape index (κ2) is 7.87. The van der Waals surface area contributed by atoms with Gasteiger partial charge in [-0.05, 0) is 30.2 Å². The molecule has 0 unspecified atom stereocenters. The summed E-state index contributed by atoms with van der Waals surface area (Å²) >= 11 is 1.73. The fraction of sp³-hybridized carbons (Fsp3) is 0.500. The summed E-state index contributed by atoms with van der Waals surface area (Å²) < 4.78 is 5.23. The Hall–Kier alpha value is -2.48. The minimum Gasteiger partial charge on any atom is -0.481 e. The lowest BCUT2D eigenvalue weighted by Crippen LogP contribution is -2.47. The van der Waals surface area contributed by atoms with Gasteiger partial charge in [0.25, 0.3) is 0 Å². The lowest BCUT2D eigenvalue weighted by atomic mass is 10.0. The standard InChI is InChI=1S/C20H26N6OS/c1-13(2)11-15-12-28-19-17(15)18(22-14(3)23-19)25-7-9-26(10-8-25)20-21-6-5-16(24-20)27-4/h5-6,12-13H,7-11H2,1-4H3. The molecule has 0 atom stereocenters. The summed E-state index contributed by atoms with van der Waals surface area (Å²) in [6, 6.07) is 1.77. The van der Waals surface area contributed by atoms with Gasteiger partial charge in [-0.15, -0.1) is 11.3 Å². The van der Waals surface area contributed by atoms with Crippen molar-refractivity contribution in [2.24, 2.45) is 5.92 Å². The summed E-state index contributed by atoms with van der Waals surface area (Å²) in [7, 11) is 1.63. The van der Waals surface area contributed by atoms with E-state index in [0.717, 1.165) is 55.0 Å². The van der Waals surface area contributed by atoms with E-state index in [4.69, 9.17) is 9.72 Å². The first-order valence-corrected chi connectivity index (χ1v) is 10.5. The van der Waals surface area contributed by atoms with E-state index in [1.165, 1.54) is 10.9 Å². The van der Waals surface area contributed by atoms with Crippen LogP contribution in [0.4, 0.5) is 11.8 Å². The highest BCUT2D eigenvalue weighted by Gasteiger charge is 2.24. The lowest BCUT2D eigenvalue weighted by Gasteiger charge is -2.35. The molecular weight excluding hydrogens is 372 g/mol. The molecule has 4 rings (SSSR count). The Labute approximate surface area is 169 Å². The normalized spacial score (nSPS) is 14.9. The van der Waals surface area contributed by atoms with Crippen molar-refractivity contribution in [3.63, 3.8) is 0 Å². The van der Waals surface area contributed by atoms with Crippen LogP contribution in [0, 0.1) is 12.8 Å². The van der Waals surface area contributed by atoms with E-state index in [1.807, 2.05) is 6.92 Å². The summed E-state index contributed by atoms with van der Waals surface area (Å²) in [5.41, 5.74) is 1.36. The molecule has 1 fully saturated rings. The number of ether oxygens (including phenoxy) is 1. The maximum Gasteiger partial charge on any atom is 0.228 e. The average Bonchev–Trinajstić information content (AvgIpc) is 3.09. The maximum atomic E-state index is 5.23. The second-order valence-electron chi connectivity index (χ2n) is 7.51. The van der Waals surface area contributed by atoms with E-state index >= 15 is 0 Å². The number of thiophene rings is 1. The van der Waals surface area contributed by atoms with Gasteiger partial charge in [-0.2, -0.15) is 4.98 Å². The number of aryl methyl sites for hydroxylation is 1. The molecule has 3 aromatic heterocycles. The van der Waals surface area contributed by atoms with Gasteiger partial charge in [-0.1, -0.05) is 13.8 Å². The predicted octanol–water partition coefficient (Wildman–Crippen LogP) is 3.32. The zero-order chi connectivity index (χ0) is 19.7. The molecule has 0 saturated carbocycles. The largest absolute Gasteiger partial charge is 0.481 e. The van der Waals surface area contributed by atoms with E-state index in [9.17, 15) is 0 Å². The van der Waals surface area contributed by atoms with Crippen LogP contribution in [0.1, 0.15) is 25.2 Å². The predicted molar refractivity (Wildman–Crippen MR) is 114 cm³/mol. The van der Waals surface area contributed by atoms with Crippen LogP contribution in [-0.4, -0.2) is 53.2 Å². The average molecular weight is 399 g/mol. The quantitative estimate of drug-likeness (QED) is 0.653. The van der Waals surface area contributed by atoms with E-state index in [2.05, 4.69) is 44.0 Å². The van der Waals surface area contributed by atoms with Crippen LogP contribution >= 0.6 is 11.3 Å². The SMILES string of the molecule is COc1ccnc(N2CCN(c3nc(C)nc4scc(CC(C)C)c34)CC2)n1. The van der Waals surface area contributed by atoms with Gasteiger partial charge in [-0.25, -0.2) is 15.0 Å². The lowest BCUT2D eigenvalue weighted by molar-refractivity contribution is 0.396. The van der Waals surface area contributed by atoms with E-state index in [1.54, 1.807) is 30.7 Å². The third kappa shape index (κ3) is 3.73. The molecule has 0 aromatic carbocycles. The highest BCUT2D eigenvalue weighted by atomic mass is 32.1. The Morgan fingerprint density at radius 1 is 1.11 bits per heavy atom. The smallest absolute Gasteiger partial charge is 0.228 e. The number of nitrogens with zero attached hydrogens (tertiary/aromatic N) is 6. The van der Waals surface area contributed by atoms with Crippen molar-refractivity contribution in [2.75, 3.05) is 43.1 Å². The molecule has 0 aliphatic carbocycles. The van der Waals surface area contributed by atoms with Crippen LogP contribution in [0.15, 0.2) is 17.6 Å². The zero-order valence-electron chi connectivity index (χ0n) is 16.8.